The number of ketones is 1. The van der Waals surface area contributed by atoms with Gasteiger partial charge in [0.15, 0.2) is 23.1 Å². The lowest BCUT2D eigenvalue weighted by Crippen LogP contribution is -2.70. The van der Waals surface area contributed by atoms with Crippen molar-refractivity contribution in [1.29, 1.82) is 0 Å². The van der Waals surface area contributed by atoms with E-state index in [2.05, 4.69) is 16.0 Å². The number of nitrogens with one attached hydrogen (secondary N) is 3. The van der Waals surface area contributed by atoms with Crippen LogP contribution in [0.25, 0.3) is 0 Å². The summed E-state index contributed by atoms with van der Waals surface area (Å²) >= 11 is 0.495. The third-order valence-electron chi connectivity index (χ3n) is 13.0. The van der Waals surface area contributed by atoms with Crippen LogP contribution in [-0.2, 0) is 47.6 Å². The molecule has 1 saturated heterocycles. The molecule has 0 aromatic heterocycles. The van der Waals surface area contributed by atoms with Gasteiger partial charge in [-0.3, -0.25) is 19.2 Å². The Balaban J connectivity index is 1.74. The van der Waals surface area contributed by atoms with E-state index in [0.29, 0.717) is 17.3 Å². The third-order valence-corrected chi connectivity index (χ3v) is 14.3. The highest BCUT2D eigenvalue weighted by molar-refractivity contribution is 8.00. The van der Waals surface area contributed by atoms with Crippen LogP contribution in [0.4, 0.5) is 4.79 Å². The van der Waals surface area contributed by atoms with Gasteiger partial charge in [-0.25, -0.2) is 4.79 Å². The highest BCUT2D eigenvalue weighted by Gasteiger charge is 2.57. The Labute approximate surface area is 414 Å². The van der Waals surface area contributed by atoms with Gasteiger partial charge >= 0.3 is 6.09 Å². The topological polar surface area (TPSA) is 405 Å². The molecule has 25 nitrogen and oxygen atoms in total. The average Bonchev–Trinajstić information content (AvgIpc) is 3.51. The number of allylic oxidation sites excluding steroid dienone is 2. The number of carbonyl (C=O) groups is 5. The Bertz CT molecular complexity index is 2010. The summed E-state index contributed by atoms with van der Waals surface area (Å²) in [7, 11) is 3.91. The zero-order valence-corrected chi connectivity index (χ0v) is 41.4. The first-order chi connectivity index (χ1) is 33.3. The van der Waals surface area contributed by atoms with Crippen molar-refractivity contribution in [3.63, 3.8) is 0 Å². The normalized spacial score (nSPS) is 39.2. The lowest BCUT2D eigenvalue weighted by atomic mass is 9.84. The monoisotopic (exact) mass is 1030 g/mol. The molecule has 1 saturated carbocycles. The zero-order chi connectivity index (χ0) is 53.4. The number of aliphatic hydroxyl groups is 10. The fourth-order valence-electron chi connectivity index (χ4n) is 8.98. The Morgan fingerprint density at radius 2 is 1.55 bits per heavy atom. The second-order valence-corrected chi connectivity index (χ2v) is 19.5. The summed E-state index contributed by atoms with van der Waals surface area (Å²) in [5, 5.41) is 115. The number of fused-ring (bicyclic) bond motifs is 2. The van der Waals surface area contributed by atoms with Crippen LogP contribution in [0.3, 0.4) is 0 Å². The molecule has 2 bridgehead atoms. The van der Waals surface area contributed by atoms with Crippen LogP contribution >= 0.6 is 11.8 Å². The second kappa shape index (κ2) is 25.7. The zero-order valence-electron chi connectivity index (χ0n) is 40.6. The Morgan fingerprint density at radius 3 is 2.10 bits per heavy atom. The van der Waals surface area contributed by atoms with E-state index in [1.165, 1.54) is 46.5 Å². The van der Waals surface area contributed by atoms with Gasteiger partial charge in [0.25, 0.3) is 0 Å². The molecular formula is C45H70N4O21S. The first kappa shape index (κ1) is 59.5. The maximum atomic E-state index is 14.5. The van der Waals surface area contributed by atoms with Crippen LogP contribution in [0, 0.1) is 11.8 Å². The van der Waals surface area contributed by atoms with Crippen LogP contribution in [-0.4, -0.2) is 223 Å². The molecule has 2 fully saturated rings. The minimum absolute atomic E-state index is 0.00823. The van der Waals surface area contributed by atoms with E-state index in [4.69, 9.17) is 34.2 Å². The number of ether oxygens (including phenoxy) is 6. The van der Waals surface area contributed by atoms with Gasteiger partial charge in [-0.15, -0.1) is 11.8 Å². The summed E-state index contributed by atoms with van der Waals surface area (Å²) in [4.78, 5) is 64.7. The molecule has 0 spiro atoms. The molecule has 402 valence electrons. The lowest BCUT2D eigenvalue weighted by Gasteiger charge is -2.47. The molecule has 2 aliphatic carbocycles. The predicted octanol–water partition coefficient (Wildman–Crippen LogP) is -4.62. The van der Waals surface area contributed by atoms with Crippen molar-refractivity contribution >= 4 is 41.4 Å². The second-order valence-electron chi connectivity index (χ2n) is 18.2. The summed E-state index contributed by atoms with van der Waals surface area (Å²) in [6.07, 6.45) is -18.9. The number of Topliss-reactive ketones (excluding diaryl/α,β-unsaturated/α-hetero) is 1. The van der Waals surface area contributed by atoms with E-state index < -0.39 is 162 Å². The van der Waals surface area contributed by atoms with Crippen molar-refractivity contribution in [2.24, 2.45) is 17.6 Å². The van der Waals surface area contributed by atoms with Gasteiger partial charge in [0, 0.05) is 44.0 Å². The number of aliphatic hydroxyl groups excluding tert-OH is 9. The number of hydrogen-bond donors (Lipinski definition) is 14. The quantitative estimate of drug-likeness (QED) is 0.0609. The Morgan fingerprint density at radius 1 is 0.930 bits per heavy atom. The smallest absolute Gasteiger partial charge is 0.405 e. The molecule has 0 radical (unpaired) electrons. The fourth-order valence-corrected chi connectivity index (χ4v) is 10.3. The predicted molar refractivity (Wildman–Crippen MR) is 247 cm³/mol. The molecule has 15 N–H and O–H groups in total. The van der Waals surface area contributed by atoms with Crippen LogP contribution in [0.1, 0.15) is 47.5 Å². The molecule has 20 atom stereocenters. The van der Waals surface area contributed by atoms with Gasteiger partial charge in [-0.05, 0) is 38.2 Å². The molecule has 2 unspecified atom stereocenters. The van der Waals surface area contributed by atoms with Crippen molar-refractivity contribution in [2.75, 3.05) is 33.7 Å². The minimum Gasteiger partial charge on any atom is -0.497 e. The van der Waals surface area contributed by atoms with Gasteiger partial charge in [0.05, 0.1) is 25.9 Å². The van der Waals surface area contributed by atoms with Crippen LogP contribution in [0.15, 0.2) is 46.8 Å². The highest BCUT2D eigenvalue weighted by Crippen LogP contribution is 2.45. The molecule has 2 heterocycles. The van der Waals surface area contributed by atoms with Crippen molar-refractivity contribution in [3.8, 4) is 0 Å². The number of methoxy groups -OCH3 is 3. The molecule has 2 aliphatic heterocycles. The number of thioether (sulfide) groups is 1. The minimum atomic E-state index is -2.51. The van der Waals surface area contributed by atoms with Crippen LogP contribution < -0.4 is 21.7 Å². The van der Waals surface area contributed by atoms with Gasteiger partial charge in [-0.2, -0.15) is 0 Å². The summed E-state index contributed by atoms with van der Waals surface area (Å²) in [5.74, 6) is -5.58. The van der Waals surface area contributed by atoms with E-state index in [1.807, 2.05) is 0 Å². The molecule has 4 aliphatic rings. The van der Waals surface area contributed by atoms with Gasteiger partial charge in [0.2, 0.25) is 17.7 Å². The van der Waals surface area contributed by atoms with Crippen molar-refractivity contribution < 1.29 is 103 Å². The van der Waals surface area contributed by atoms with Crippen molar-refractivity contribution in [3.05, 3.63) is 46.8 Å². The molecular weight excluding hydrogens is 965 g/mol. The molecule has 71 heavy (non-hydrogen) atoms. The number of rotatable bonds is 13. The third kappa shape index (κ3) is 13.7. The molecule has 0 aromatic rings. The van der Waals surface area contributed by atoms with E-state index in [1.54, 1.807) is 26.8 Å². The van der Waals surface area contributed by atoms with E-state index >= 15 is 0 Å². The van der Waals surface area contributed by atoms with E-state index in [9.17, 15) is 75.0 Å². The largest absolute Gasteiger partial charge is 0.497 e. The summed E-state index contributed by atoms with van der Waals surface area (Å²) in [6, 6.07) is -5.36. The van der Waals surface area contributed by atoms with Crippen molar-refractivity contribution in [2.45, 2.75) is 156 Å². The Kier molecular flexibility index (Phi) is 21.5. The lowest BCUT2D eigenvalue weighted by molar-refractivity contribution is -0.319. The summed E-state index contributed by atoms with van der Waals surface area (Å²) in [6.45, 7) is 6.65. The van der Waals surface area contributed by atoms with E-state index in [-0.39, 0.29) is 29.7 Å². The molecule has 4 amide bonds. The maximum Gasteiger partial charge on any atom is 0.405 e. The maximum absolute atomic E-state index is 14.5. The summed E-state index contributed by atoms with van der Waals surface area (Å²) in [5.41, 5.74) is 5.83. The standard InChI is InChI=1S/C45H70N4O21S/c1-17-12-22-29(53)39(49-41(61)18(2)10-9-11-24(65-6)37(70-44(46)63)20(4)14-19(3)28(52)25(13-17)66-7)45(64,40(22)67-8)71-16-23(47-21(5)51)42(62)48-27-31(55)30(54)26(15-50)68-43(27)69-38-35(59)33(57)32(56)34(58)36(38)60/h9-11,14,17,19,23-28,30-39,43,50,52,54-60,64H,12-13,15-16H2,1-8H3,(H2,46,63)(H,47,51)(H,48,62)(H,49,61)/t17-,19+,23+,24+,25+,26-,27-,28-,30-,31-,32?,33-,34+,35-,36-,37+,38?,39-,43-,45-/m1/s1. The molecule has 26 heteroatoms. The molecule has 0 aromatic carbocycles. The number of hydrogen-bond acceptors (Lipinski definition) is 22. The van der Waals surface area contributed by atoms with E-state index in [0.717, 1.165) is 6.92 Å². The van der Waals surface area contributed by atoms with Gasteiger partial charge in [0.1, 0.15) is 84.9 Å². The SMILES string of the molecule is COC1=C2C[C@@H](C)C[C@H](OC)[C@H](O)[C@@H](C)C=C(C)[C@H](OC(N)=O)[C@@H](OC)C=CC=C(C)C(=O)N[C@H](C2=O)[C@@]1(O)SC[C@H](NC(C)=O)C(=O)N[C@H]1[C@@H](OC2[C@H](O)[C@H](O)C(O)[C@H](O)[C@H]2O)O[C@H](CO)[C@@H](O)[C@@H]1O. The first-order valence-corrected chi connectivity index (χ1v) is 23.7. The summed E-state index contributed by atoms with van der Waals surface area (Å²) < 4.78 is 33.7. The first-order valence-electron chi connectivity index (χ1n) is 22.8. The number of carbonyl (C=O) groups excluding carboxylic acids is 5. The number of amides is 4. The fraction of sp³-hybridized carbons (Fsp3) is 0.711. The van der Waals surface area contributed by atoms with Gasteiger partial charge in [-0.1, -0.05) is 38.2 Å². The Hall–Kier alpha value is -4.10. The molecule has 4 rings (SSSR count). The van der Waals surface area contributed by atoms with Crippen LogP contribution in [0.2, 0.25) is 0 Å². The number of primary amides is 1. The number of nitrogens with two attached hydrogens (primary N) is 1. The van der Waals surface area contributed by atoms with Crippen LogP contribution in [0.5, 0.6) is 0 Å². The average molecular weight is 1040 g/mol. The van der Waals surface area contributed by atoms with Crippen molar-refractivity contribution in [1.82, 2.24) is 16.0 Å². The van der Waals surface area contributed by atoms with Gasteiger partial charge < -0.3 is 101 Å². The highest BCUT2D eigenvalue weighted by atomic mass is 32.2.